The molecule has 3 aromatic carbocycles. The molecule has 0 spiro atoms. The molecule has 1 aliphatic rings. The van der Waals surface area contributed by atoms with Gasteiger partial charge in [-0.2, -0.15) is 0 Å². The standard InChI is InChI=1S/C24H18Cl5N3O2/c1-30-15-2-4-16(5-3-15)31-22(33)18-11-17(6-7-19(18)27)32-23(34)21-20(24(21,28)29)12-8-13(25)10-14(26)9-12/h2-11,20-21,30H,1H3,(H,31,33)(H,32,34)/t20-,21+/m0/s1. The first kappa shape index (κ1) is 25.0. The maximum atomic E-state index is 13.0. The third kappa shape index (κ3) is 5.24. The number of alkyl halides is 2. The molecule has 0 aromatic heterocycles. The number of benzene rings is 3. The summed E-state index contributed by atoms with van der Waals surface area (Å²) in [5.41, 5.74) is 2.76. The van der Waals surface area contributed by atoms with Gasteiger partial charge in [0, 0.05) is 40.1 Å². The fourth-order valence-electron chi connectivity index (χ4n) is 3.74. The lowest BCUT2D eigenvalue weighted by atomic mass is 10.1. The second kappa shape index (κ2) is 9.84. The van der Waals surface area contributed by atoms with Gasteiger partial charge >= 0.3 is 0 Å². The summed E-state index contributed by atoms with van der Waals surface area (Å²) in [5, 5.41) is 9.65. The number of nitrogens with one attached hydrogen (secondary N) is 3. The van der Waals surface area contributed by atoms with Crippen molar-refractivity contribution in [3.8, 4) is 0 Å². The molecular formula is C24H18Cl5N3O2. The van der Waals surface area contributed by atoms with E-state index in [1.165, 1.54) is 12.1 Å². The molecule has 0 saturated heterocycles. The summed E-state index contributed by atoms with van der Waals surface area (Å²) in [5.74, 6) is -2.03. The summed E-state index contributed by atoms with van der Waals surface area (Å²) in [7, 11) is 1.81. The summed E-state index contributed by atoms with van der Waals surface area (Å²) in [6, 6.07) is 16.8. The van der Waals surface area contributed by atoms with Gasteiger partial charge in [-0.1, -0.05) is 34.8 Å². The number of halogens is 5. The average Bonchev–Trinajstić information content (AvgIpc) is 3.37. The smallest absolute Gasteiger partial charge is 0.257 e. The van der Waals surface area contributed by atoms with Crippen LogP contribution >= 0.6 is 58.0 Å². The third-order valence-corrected chi connectivity index (χ3v) is 7.20. The number of anilines is 3. The highest BCUT2D eigenvalue weighted by Crippen LogP contribution is 2.65. The molecule has 0 bridgehead atoms. The summed E-state index contributed by atoms with van der Waals surface area (Å²) < 4.78 is -1.32. The van der Waals surface area contributed by atoms with Crippen LogP contribution in [-0.4, -0.2) is 23.2 Å². The zero-order valence-electron chi connectivity index (χ0n) is 17.6. The molecule has 2 atom stereocenters. The number of hydrogen-bond donors (Lipinski definition) is 3. The number of rotatable bonds is 6. The zero-order chi connectivity index (χ0) is 24.6. The van der Waals surface area contributed by atoms with Crippen LogP contribution in [0.4, 0.5) is 17.1 Å². The molecule has 2 amide bonds. The van der Waals surface area contributed by atoms with Crippen molar-refractivity contribution in [3.05, 3.63) is 86.9 Å². The lowest BCUT2D eigenvalue weighted by Gasteiger charge is -2.11. The second-order valence-corrected chi connectivity index (χ2v) is 10.5. The predicted octanol–water partition coefficient (Wildman–Crippen LogP) is 7.47. The quantitative estimate of drug-likeness (QED) is 0.276. The number of hydrogen-bond acceptors (Lipinski definition) is 3. The van der Waals surface area contributed by atoms with Gasteiger partial charge < -0.3 is 16.0 Å². The molecule has 0 heterocycles. The van der Waals surface area contributed by atoms with Crippen molar-refractivity contribution < 1.29 is 9.59 Å². The van der Waals surface area contributed by atoms with Crippen molar-refractivity contribution in [2.75, 3.05) is 23.0 Å². The molecule has 10 heteroatoms. The molecule has 176 valence electrons. The molecular weight excluding hydrogens is 540 g/mol. The molecule has 0 unspecified atom stereocenters. The third-order valence-electron chi connectivity index (χ3n) is 5.49. The topological polar surface area (TPSA) is 70.2 Å². The van der Waals surface area contributed by atoms with Crippen LogP contribution in [0.2, 0.25) is 15.1 Å². The van der Waals surface area contributed by atoms with Gasteiger partial charge in [0.25, 0.3) is 5.91 Å². The summed E-state index contributed by atoms with van der Waals surface area (Å²) in [4.78, 5) is 25.8. The Hall–Kier alpha value is -2.15. The highest BCUT2D eigenvalue weighted by molar-refractivity contribution is 6.53. The first-order valence-electron chi connectivity index (χ1n) is 10.1. The predicted molar refractivity (Wildman–Crippen MR) is 141 cm³/mol. The van der Waals surface area contributed by atoms with E-state index in [0.29, 0.717) is 27.0 Å². The first-order chi connectivity index (χ1) is 16.1. The van der Waals surface area contributed by atoms with Crippen LogP contribution in [0.25, 0.3) is 0 Å². The Morgan fingerprint density at radius 2 is 1.38 bits per heavy atom. The van der Waals surface area contributed by atoms with E-state index < -0.39 is 28.0 Å². The first-order valence-corrected chi connectivity index (χ1v) is 12.0. The summed E-state index contributed by atoms with van der Waals surface area (Å²) in [6.45, 7) is 0. The Kier molecular flexibility index (Phi) is 7.22. The zero-order valence-corrected chi connectivity index (χ0v) is 21.4. The van der Waals surface area contributed by atoms with Crippen molar-refractivity contribution in [3.63, 3.8) is 0 Å². The summed E-state index contributed by atoms with van der Waals surface area (Å²) in [6.07, 6.45) is 0. The van der Waals surface area contributed by atoms with E-state index in [-0.39, 0.29) is 10.6 Å². The molecule has 0 radical (unpaired) electrons. The van der Waals surface area contributed by atoms with Crippen molar-refractivity contribution in [1.29, 1.82) is 0 Å². The minimum absolute atomic E-state index is 0.203. The van der Waals surface area contributed by atoms with Gasteiger partial charge in [0.15, 0.2) is 0 Å². The van der Waals surface area contributed by atoms with E-state index in [0.717, 1.165) is 5.69 Å². The molecule has 1 saturated carbocycles. The molecule has 5 nitrogen and oxygen atoms in total. The molecule has 4 rings (SSSR count). The fraction of sp³-hybridized carbons (Fsp3) is 0.167. The molecule has 1 fully saturated rings. The van der Waals surface area contributed by atoms with Crippen LogP contribution < -0.4 is 16.0 Å². The Bertz CT molecular complexity index is 1240. The van der Waals surface area contributed by atoms with Crippen molar-refractivity contribution in [1.82, 2.24) is 0 Å². The average molecular weight is 558 g/mol. The SMILES string of the molecule is CNc1ccc(NC(=O)c2cc(NC(=O)[C@H]3[C@H](c4cc(Cl)cc(Cl)c4)C3(Cl)Cl)ccc2Cl)cc1. The van der Waals surface area contributed by atoms with Gasteiger partial charge in [-0.3, -0.25) is 9.59 Å². The second-order valence-electron chi connectivity index (χ2n) is 7.80. The lowest BCUT2D eigenvalue weighted by Crippen LogP contribution is -2.18. The van der Waals surface area contributed by atoms with E-state index in [4.69, 9.17) is 58.0 Å². The minimum atomic E-state index is -1.32. The Morgan fingerprint density at radius 1 is 0.794 bits per heavy atom. The normalized spacial score (nSPS) is 18.2. The molecule has 1 aliphatic carbocycles. The Labute approximate surface area is 221 Å². The molecule has 3 N–H and O–H groups in total. The minimum Gasteiger partial charge on any atom is -0.388 e. The van der Waals surface area contributed by atoms with Gasteiger partial charge in [-0.05, 0) is 66.2 Å². The molecule has 34 heavy (non-hydrogen) atoms. The highest BCUT2D eigenvalue weighted by Gasteiger charge is 2.67. The van der Waals surface area contributed by atoms with Gasteiger partial charge in [0.1, 0.15) is 4.33 Å². The Morgan fingerprint density at radius 3 is 2.00 bits per heavy atom. The van der Waals surface area contributed by atoms with E-state index in [1.807, 2.05) is 12.1 Å². The van der Waals surface area contributed by atoms with Crippen LogP contribution in [0.5, 0.6) is 0 Å². The van der Waals surface area contributed by atoms with Gasteiger partial charge in [-0.15, -0.1) is 23.2 Å². The van der Waals surface area contributed by atoms with Crippen LogP contribution in [0.1, 0.15) is 21.8 Å². The number of carbonyl (C=O) groups is 2. The monoisotopic (exact) mass is 555 g/mol. The van der Waals surface area contributed by atoms with E-state index in [9.17, 15) is 9.59 Å². The fourth-order valence-corrected chi connectivity index (χ4v) is 5.31. The van der Waals surface area contributed by atoms with Crippen LogP contribution in [0.3, 0.4) is 0 Å². The van der Waals surface area contributed by atoms with Gasteiger partial charge in [-0.25, -0.2) is 0 Å². The van der Waals surface area contributed by atoms with Crippen molar-refractivity contribution in [2.24, 2.45) is 5.92 Å². The van der Waals surface area contributed by atoms with Crippen molar-refractivity contribution >= 4 is 86.9 Å². The molecule has 0 aliphatic heterocycles. The molecule has 3 aromatic rings. The van der Waals surface area contributed by atoms with Gasteiger partial charge in [0.2, 0.25) is 5.91 Å². The largest absolute Gasteiger partial charge is 0.388 e. The van der Waals surface area contributed by atoms with Gasteiger partial charge in [0.05, 0.1) is 16.5 Å². The number of amides is 2. The van der Waals surface area contributed by atoms with Crippen LogP contribution in [0.15, 0.2) is 60.7 Å². The maximum absolute atomic E-state index is 13.0. The van der Waals surface area contributed by atoms with E-state index in [2.05, 4.69) is 16.0 Å². The Balaban J connectivity index is 1.49. The van der Waals surface area contributed by atoms with Crippen molar-refractivity contribution in [2.45, 2.75) is 10.3 Å². The summed E-state index contributed by atoms with van der Waals surface area (Å²) >= 11 is 31.3. The highest BCUT2D eigenvalue weighted by atomic mass is 35.5. The van der Waals surface area contributed by atoms with Crippen LogP contribution in [0, 0.1) is 5.92 Å². The van der Waals surface area contributed by atoms with Crippen LogP contribution in [-0.2, 0) is 4.79 Å². The van der Waals surface area contributed by atoms with E-state index in [1.54, 1.807) is 43.4 Å². The maximum Gasteiger partial charge on any atom is 0.257 e. The van der Waals surface area contributed by atoms with E-state index >= 15 is 0 Å². The number of carbonyl (C=O) groups excluding carboxylic acids is 2. The lowest BCUT2D eigenvalue weighted by molar-refractivity contribution is -0.117.